The van der Waals surface area contributed by atoms with Crippen LogP contribution in [-0.4, -0.2) is 13.2 Å². The maximum Gasteiger partial charge on any atom is 0.184 e. The maximum absolute atomic E-state index is 5.57. The highest BCUT2D eigenvalue weighted by Gasteiger charge is 2.22. The molecule has 2 heteroatoms. The molecule has 0 bridgehead atoms. The lowest BCUT2D eigenvalue weighted by molar-refractivity contribution is -0.0446. The molecule has 1 saturated heterocycles. The minimum absolute atomic E-state index is 0.165. The SMILES string of the molecule is Cc1ccc(C(C)(C)C)cc1C1OCCO1. The summed E-state index contributed by atoms with van der Waals surface area (Å²) >= 11 is 0. The Labute approximate surface area is 97.6 Å². The van der Waals surface area contributed by atoms with Crippen LogP contribution in [-0.2, 0) is 14.9 Å². The molecule has 1 aliphatic rings. The first-order valence-electron chi connectivity index (χ1n) is 5.83. The number of aryl methyl sites for hydroxylation is 1. The summed E-state index contributed by atoms with van der Waals surface area (Å²) in [7, 11) is 0. The maximum atomic E-state index is 5.57. The summed E-state index contributed by atoms with van der Waals surface area (Å²) in [6, 6.07) is 6.56. The molecule has 0 aliphatic carbocycles. The van der Waals surface area contributed by atoms with Crippen LogP contribution in [0, 0.1) is 6.92 Å². The molecule has 1 heterocycles. The fourth-order valence-corrected chi connectivity index (χ4v) is 1.90. The van der Waals surface area contributed by atoms with Gasteiger partial charge in [-0.15, -0.1) is 0 Å². The highest BCUT2D eigenvalue weighted by molar-refractivity contribution is 5.35. The minimum Gasteiger partial charge on any atom is -0.346 e. The second-order valence-corrected chi connectivity index (χ2v) is 5.39. The molecular weight excluding hydrogens is 200 g/mol. The van der Waals surface area contributed by atoms with E-state index in [9.17, 15) is 0 Å². The summed E-state index contributed by atoms with van der Waals surface area (Å²) in [6.07, 6.45) is -0.165. The van der Waals surface area contributed by atoms with Gasteiger partial charge in [0.2, 0.25) is 0 Å². The van der Waals surface area contributed by atoms with Crippen molar-refractivity contribution >= 4 is 0 Å². The standard InChI is InChI=1S/C14H20O2/c1-10-5-6-11(14(2,3)4)9-12(10)13-15-7-8-16-13/h5-6,9,13H,7-8H2,1-4H3. The van der Waals surface area contributed by atoms with Crippen LogP contribution in [0.2, 0.25) is 0 Å². The summed E-state index contributed by atoms with van der Waals surface area (Å²) in [5, 5.41) is 0. The van der Waals surface area contributed by atoms with Crippen LogP contribution in [0.1, 0.15) is 43.8 Å². The van der Waals surface area contributed by atoms with Crippen molar-refractivity contribution in [3.8, 4) is 0 Å². The van der Waals surface area contributed by atoms with E-state index in [0.717, 1.165) is 0 Å². The van der Waals surface area contributed by atoms with Crippen LogP contribution in [0.5, 0.6) is 0 Å². The average molecular weight is 220 g/mol. The smallest absolute Gasteiger partial charge is 0.184 e. The van der Waals surface area contributed by atoms with Gasteiger partial charge in [-0.25, -0.2) is 0 Å². The third-order valence-corrected chi connectivity index (χ3v) is 3.02. The van der Waals surface area contributed by atoms with Crippen LogP contribution in [0.4, 0.5) is 0 Å². The second-order valence-electron chi connectivity index (χ2n) is 5.39. The molecule has 2 nitrogen and oxygen atoms in total. The van der Waals surface area contributed by atoms with Gasteiger partial charge in [-0.2, -0.15) is 0 Å². The molecule has 1 aromatic carbocycles. The molecule has 2 rings (SSSR count). The van der Waals surface area contributed by atoms with E-state index in [1.165, 1.54) is 16.7 Å². The monoisotopic (exact) mass is 220 g/mol. The number of hydrogen-bond acceptors (Lipinski definition) is 2. The molecule has 0 aromatic heterocycles. The van der Waals surface area contributed by atoms with Gasteiger partial charge in [0.25, 0.3) is 0 Å². The zero-order valence-electron chi connectivity index (χ0n) is 10.5. The van der Waals surface area contributed by atoms with Gasteiger partial charge in [-0.05, 0) is 29.5 Å². The van der Waals surface area contributed by atoms with Crippen molar-refractivity contribution < 1.29 is 9.47 Å². The molecule has 0 saturated carbocycles. The molecule has 88 valence electrons. The van der Waals surface area contributed by atoms with Crippen molar-refractivity contribution in [2.24, 2.45) is 0 Å². The molecule has 16 heavy (non-hydrogen) atoms. The van der Waals surface area contributed by atoms with Crippen LogP contribution in [0.3, 0.4) is 0 Å². The van der Waals surface area contributed by atoms with Gasteiger partial charge in [0, 0.05) is 5.56 Å². The predicted molar refractivity (Wildman–Crippen MR) is 64.5 cm³/mol. The second kappa shape index (κ2) is 4.19. The lowest BCUT2D eigenvalue weighted by atomic mass is 9.85. The Morgan fingerprint density at radius 2 is 1.75 bits per heavy atom. The van der Waals surface area contributed by atoms with Gasteiger partial charge in [0.15, 0.2) is 6.29 Å². The molecular formula is C14H20O2. The van der Waals surface area contributed by atoms with Crippen molar-refractivity contribution in [1.29, 1.82) is 0 Å². The van der Waals surface area contributed by atoms with E-state index in [2.05, 4.69) is 45.9 Å². The zero-order valence-corrected chi connectivity index (χ0v) is 10.5. The number of ether oxygens (including phenoxy) is 2. The van der Waals surface area contributed by atoms with Gasteiger partial charge in [0.1, 0.15) is 0 Å². The lowest BCUT2D eigenvalue weighted by Crippen LogP contribution is -2.13. The van der Waals surface area contributed by atoms with Gasteiger partial charge in [-0.3, -0.25) is 0 Å². The van der Waals surface area contributed by atoms with Crippen LogP contribution in [0.15, 0.2) is 18.2 Å². The number of hydrogen-bond donors (Lipinski definition) is 0. The van der Waals surface area contributed by atoms with Crippen molar-refractivity contribution in [2.75, 3.05) is 13.2 Å². The summed E-state index contributed by atoms with van der Waals surface area (Å²) < 4.78 is 11.1. The van der Waals surface area contributed by atoms with Crippen molar-refractivity contribution in [3.05, 3.63) is 34.9 Å². The summed E-state index contributed by atoms with van der Waals surface area (Å²) in [5.74, 6) is 0. The van der Waals surface area contributed by atoms with Crippen LogP contribution < -0.4 is 0 Å². The van der Waals surface area contributed by atoms with Crippen molar-refractivity contribution in [2.45, 2.75) is 39.4 Å². The number of benzene rings is 1. The summed E-state index contributed by atoms with van der Waals surface area (Å²) in [6.45, 7) is 10.2. The van der Waals surface area contributed by atoms with E-state index >= 15 is 0 Å². The molecule has 0 spiro atoms. The third kappa shape index (κ3) is 2.28. The Morgan fingerprint density at radius 1 is 1.12 bits per heavy atom. The number of rotatable bonds is 1. The van der Waals surface area contributed by atoms with Crippen LogP contribution >= 0.6 is 0 Å². The highest BCUT2D eigenvalue weighted by Crippen LogP contribution is 2.30. The molecule has 1 fully saturated rings. The van der Waals surface area contributed by atoms with Gasteiger partial charge >= 0.3 is 0 Å². The van der Waals surface area contributed by atoms with Crippen molar-refractivity contribution in [1.82, 2.24) is 0 Å². The fraction of sp³-hybridized carbons (Fsp3) is 0.571. The molecule has 1 aliphatic heterocycles. The van der Waals surface area contributed by atoms with Gasteiger partial charge < -0.3 is 9.47 Å². The lowest BCUT2D eigenvalue weighted by Gasteiger charge is -2.22. The first-order valence-corrected chi connectivity index (χ1v) is 5.83. The zero-order chi connectivity index (χ0) is 11.8. The molecule has 0 amide bonds. The summed E-state index contributed by atoms with van der Waals surface area (Å²) in [5.41, 5.74) is 3.90. The highest BCUT2D eigenvalue weighted by atomic mass is 16.7. The topological polar surface area (TPSA) is 18.5 Å². The average Bonchev–Trinajstić information content (AvgIpc) is 2.69. The molecule has 0 radical (unpaired) electrons. The first kappa shape index (κ1) is 11.6. The van der Waals surface area contributed by atoms with E-state index in [-0.39, 0.29) is 11.7 Å². The minimum atomic E-state index is -0.165. The van der Waals surface area contributed by atoms with Crippen molar-refractivity contribution in [3.63, 3.8) is 0 Å². The Bertz CT molecular complexity index is 371. The third-order valence-electron chi connectivity index (χ3n) is 3.02. The Morgan fingerprint density at radius 3 is 2.31 bits per heavy atom. The molecule has 0 N–H and O–H groups in total. The van der Waals surface area contributed by atoms with E-state index in [1.54, 1.807) is 0 Å². The predicted octanol–water partition coefficient (Wildman–Crippen LogP) is 3.34. The fourth-order valence-electron chi connectivity index (χ4n) is 1.90. The van der Waals surface area contributed by atoms with E-state index in [0.29, 0.717) is 13.2 Å². The largest absolute Gasteiger partial charge is 0.346 e. The Kier molecular flexibility index (Phi) is 3.04. The molecule has 0 unspecified atom stereocenters. The molecule has 0 atom stereocenters. The van der Waals surface area contributed by atoms with Gasteiger partial charge in [-0.1, -0.05) is 32.9 Å². The van der Waals surface area contributed by atoms with Gasteiger partial charge in [0.05, 0.1) is 13.2 Å². The summed E-state index contributed by atoms with van der Waals surface area (Å²) in [4.78, 5) is 0. The van der Waals surface area contributed by atoms with E-state index in [1.807, 2.05) is 0 Å². The normalized spacial score (nSPS) is 18.0. The quantitative estimate of drug-likeness (QED) is 0.722. The first-order chi connectivity index (χ1) is 7.48. The Hall–Kier alpha value is -0.860. The van der Waals surface area contributed by atoms with Crippen LogP contribution in [0.25, 0.3) is 0 Å². The van der Waals surface area contributed by atoms with E-state index in [4.69, 9.17) is 9.47 Å². The van der Waals surface area contributed by atoms with E-state index < -0.39 is 0 Å². The Balaban J connectivity index is 2.36. The molecule has 1 aromatic rings.